The summed E-state index contributed by atoms with van der Waals surface area (Å²) in [5.74, 6) is 0. The number of nitrogens with one attached hydrogen (secondary N) is 1. The maximum absolute atomic E-state index is 12.0. The fraction of sp³-hybridized carbons (Fsp3) is 0.400. The monoisotopic (exact) mass is 338 g/mol. The molecule has 0 radical (unpaired) electrons. The zero-order valence-corrected chi connectivity index (χ0v) is 14.7. The van der Waals surface area contributed by atoms with Gasteiger partial charge in [-0.15, -0.1) is 0 Å². The van der Waals surface area contributed by atoms with E-state index in [1.807, 2.05) is 30.3 Å². The molecule has 0 unspecified atom stereocenters. The Morgan fingerprint density at radius 2 is 1.82 bits per heavy atom. The summed E-state index contributed by atoms with van der Waals surface area (Å²) in [6, 6.07) is 10.0. The highest BCUT2D eigenvalue weighted by Gasteiger charge is 2.28. The van der Waals surface area contributed by atoms with E-state index in [4.69, 9.17) is 16.7 Å². The van der Waals surface area contributed by atoms with Crippen molar-refractivity contribution in [2.75, 3.05) is 0 Å². The highest BCUT2D eigenvalue weighted by atomic mass is 32.2. The number of hydrogen-bond donors (Lipinski definition) is 1. The zero-order valence-electron chi connectivity index (χ0n) is 13.1. The molecule has 0 bridgehead atoms. The lowest BCUT2D eigenvalue weighted by Gasteiger charge is -2.31. The van der Waals surface area contributed by atoms with Crippen molar-refractivity contribution < 1.29 is 9.20 Å². The Labute approximate surface area is 139 Å². The molecule has 1 heterocycles. The molecule has 22 heavy (non-hydrogen) atoms. The van der Waals surface area contributed by atoms with E-state index in [1.165, 1.54) is 11.8 Å². The third-order valence-electron chi connectivity index (χ3n) is 3.13. The molecule has 0 saturated heterocycles. The Morgan fingerprint density at radius 1 is 1.23 bits per heavy atom. The van der Waals surface area contributed by atoms with Gasteiger partial charge in [0.05, 0.1) is 0 Å². The van der Waals surface area contributed by atoms with Crippen molar-refractivity contribution in [2.24, 2.45) is 0 Å². The van der Waals surface area contributed by atoms with Crippen molar-refractivity contribution >= 4 is 28.3 Å². The van der Waals surface area contributed by atoms with Crippen LogP contribution < -0.4 is 10.3 Å². The lowest BCUT2D eigenvalue weighted by atomic mass is 10.2. The summed E-state index contributed by atoms with van der Waals surface area (Å²) in [6.07, 6.45) is 0. The summed E-state index contributed by atoms with van der Waals surface area (Å²) in [5, 5.41) is 3.04. The Hall–Kier alpha value is -1.60. The van der Waals surface area contributed by atoms with Crippen LogP contribution >= 0.6 is 24.0 Å². The largest absolute Gasteiger partial charge is 0.442 e. The smallest absolute Gasteiger partial charge is 0.352 e. The highest BCUT2D eigenvalue weighted by Crippen LogP contribution is 2.20. The van der Waals surface area contributed by atoms with E-state index < -0.39 is 5.63 Å². The van der Waals surface area contributed by atoms with E-state index in [0.29, 0.717) is 9.35 Å². The minimum atomic E-state index is -0.427. The summed E-state index contributed by atoms with van der Waals surface area (Å²) in [4.78, 5) is 14.1. The molecule has 0 aliphatic carbocycles. The second-order valence-electron chi connectivity index (χ2n) is 5.42. The molecule has 1 N–H and O–H groups in total. The SMILES string of the molecule is CC(C)N(C(=S)Sc1c(=O)o[nH][n+]1-c1ccccc1)C(C)C. The van der Waals surface area contributed by atoms with Crippen LogP contribution in [0.3, 0.4) is 0 Å². The van der Waals surface area contributed by atoms with Crippen LogP contribution in [0.5, 0.6) is 0 Å². The fourth-order valence-corrected chi connectivity index (χ4v) is 3.96. The van der Waals surface area contributed by atoms with Gasteiger partial charge >= 0.3 is 10.7 Å². The van der Waals surface area contributed by atoms with E-state index in [1.54, 1.807) is 4.68 Å². The fourth-order valence-electron chi connectivity index (χ4n) is 2.25. The van der Waals surface area contributed by atoms with Gasteiger partial charge in [-0.25, -0.2) is 4.79 Å². The number of benzene rings is 1. The summed E-state index contributed by atoms with van der Waals surface area (Å²) in [7, 11) is 0. The van der Waals surface area contributed by atoms with E-state index in [-0.39, 0.29) is 12.1 Å². The third-order valence-corrected chi connectivity index (χ3v) is 4.52. The first-order valence-corrected chi connectivity index (χ1v) is 8.33. The van der Waals surface area contributed by atoms with E-state index in [2.05, 4.69) is 37.9 Å². The lowest BCUT2D eigenvalue weighted by Crippen LogP contribution is -2.42. The predicted octanol–water partition coefficient (Wildman–Crippen LogP) is 2.74. The van der Waals surface area contributed by atoms with Gasteiger partial charge in [-0.3, -0.25) is 4.52 Å². The van der Waals surface area contributed by atoms with E-state index in [9.17, 15) is 4.79 Å². The molecule has 5 nitrogen and oxygen atoms in total. The van der Waals surface area contributed by atoms with Gasteiger partial charge in [-0.2, -0.15) is 0 Å². The topological polar surface area (TPSA) is 53.1 Å². The second kappa shape index (κ2) is 7.11. The van der Waals surface area contributed by atoms with Crippen molar-refractivity contribution in [2.45, 2.75) is 44.8 Å². The van der Waals surface area contributed by atoms with Crippen molar-refractivity contribution in [3.05, 3.63) is 40.8 Å². The first kappa shape index (κ1) is 16.8. The first-order valence-electron chi connectivity index (χ1n) is 7.11. The number of thiocarbonyl (C=S) groups is 1. The van der Waals surface area contributed by atoms with Crippen LogP contribution in [0.4, 0.5) is 0 Å². The molecule has 0 spiro atoms. The molecule has 0 aliphatic heterocycles. The summed E-state index contributed by atoms with van der Waals surface area (Å²) in [5.41, 5.74) is 0.392. The average Bonchev–Trinajstić information content (AvgIpc) is 2.80. The summed E-state index contributed by atoms with van der Waals surface area (Å²) < 4.78 is 7.20. The van der Waals surface area contributed by atoms with Crippen LogP contribution in [-0.2, 0) is 0 Å². The number of nitrogens with zero attached hydrogens (tertiary/aromatic N) is 2. The van der Waals surface area contributed by atoms with Gasteiger partial charge in [0, 0.05) is 36.0 Å². The van der Waals surface area contributed by atoms with Crippen molar-refractivity contribution in [3.63, 3.8) is 0 Å². The quantitative estimate of drug-likeness (QED) is 0.528. The van der Waals surface area contributed by atoms with Crippen molar-refractivity contribution in [1.29, 1.82) is 0 Å². The standard InChI is InChI=1S/C15H19N3O2S2/c1-10(2)17(11(3)4)15(21)22-13-14(19)20-16-18(13)12-8-6-5-7-9-12/h5-11H,1-4H3/p+1. The molecule has 0 fully saturated rings. The second-order valence-corrected chi connectivity index (χ2v) is 7.04. The van der Waals surface area contributed by atoms with Gasteiger partial charge in [0.15, 0.2) is 0 Å². The average molecular weight is 338 g/mol. The summed E-state index contributed by atoms with van der Waals surface area (Å²) >= 11 is 6.77. The molecule has 0 saturated carbocycles. The first-order chi connectivity index (χ1) is 10.4. The van der Waals surface area contributed by atoms with Gasteiger partial charge in [0.1, 0.15) is 4.32 Å². The van der Waals surface area contributed by atoms with Gasteiger partial charge < -0.3 is 4.90 Å². The Balaban J connectivity index is 2.33. The molecule has 7 heteroatoms. The molecule has 0 amide bonds. The van der Waals surface area contributed by atoms with Crippen LogP contribution in [-0.4, -0.2) is 26.6 Å². The van der Waals surface area contributed by atoms with Crippen LogP contribution in [0, 0.1) is 0 Å². The molecule has 2 aromatic rings. The van der Waals surface area contributed by atoms with Crippen molar-refractivity contribution in [3.8, 4) is 5.69 Å². The molecule has 0 atom stereocenters. The number of aromatic amines is 1. The molecule has 2 rings (SSSR count). The van der Waals surface area contributed by atoms with Crippen LogP contribution in [0.25, 0.3) is 5.69 Å². The third kappa shape index (κ3) is 3.59. The molecule has 0 aliphatic rings. The van der Waals surface area contributed by atoms with Crippen molar-refractivity contribution in [1.82, 2.24) is 10.2 Å². The predicted molar refractivity (Wildman–Crippen MR) is 91.4 cm³/mol. The molecular weight excluding hydrogens is 318 g/mol. The summed E-state index contributed by atoms with van der Waals surface area (Å²) in [6.45, 7) is 8.32. The zero-order chi connectivity index (χ0) is 16.3. The van der Waals surface area contributed by atoms with Gasteiger partial charge in [-0.05, 0) is 37.6 Å². The number of hydrogen-bond acceptors (Lipinski definition) is 4. The van der Waals surface area contributed by atoms with Crippen LogP contribution in [0.2, 0.25) is 0 Å². The lowest BCUT2D eigenvalue weighted by molar-refractivity contribution is -0.704. The molecule has 1 aromatic carbocycles. The van der Waals surface area contributed by atoms with E-state index in [0.717, 1.165) is 5.69 Å². The maximum atomic E-state index is 12.0. The van der Waals surface area contributed by atoms with Crippen LogP contribution in [0.1, 0.15) is 27.7 Å². The number of H-pyrrole nitrogens is 1. The van der Waals surface area contributed by atoms with E-state index >= 15 is 0 Å². The Morgan fingerprint density at radius 3 is 2.36 bits per heavy atom. The minimum Gasteiger partial charge on any atom is -0.352 e. The normalized spacial score (nSPS) is 11.2. The van der Waals surface area contributed by atoms with Gasteiger partial charge in [0.25, 0.3) is 0 Å². The number of aromatic nitrogens is 2. The Kier molecular flexibility index (Phi) is 5.42. The maximum Gasteiger partial charge on any atom is 0.442 e. The molecule has 1 aromatic heterocycles. The van der Waals surface area contributed by atoms with Crippen LogP contribution in [0.15, 0.2) is 44.7 Å². The number of rotatable bonds is 4. The number of para-hydroxylation sites is 1. The van der Waals surface area contributed by atoms with Gasteiger partial charge in [0.2, 0.25) is 5.69 Å². The molecule has 118 valence electrons. The minimum absolute atomic E-state index is 0.260. The number of thioether (sulfide) groups is 1. The molecular formula is C15H20N3O2S2+. The van der Waals surface area contributed by atoms with Gasteiger partial charge in [-0.1, -0.05) is 30.4 Å². The highest BCUT2D eigenvalue weighted by molar-refractivity contribution is 8.22. The Bertz CT molecular complexity index is 684.